The van der Waals surface area contributed by atoms with E-state index in [2.05, 4.69) is 18.3 Å². The second-order valence-electron chi connectivity index (χ2n) is 4.51. The molecule has 0 spiro atoms. The number of carbonyl (C=O) groups is 1. The van der Waals surface area contributed by atoms with E-state index >= 15 is 0 Å². The van der Waals surface area contributed by atoms with Crippen molar-refractivity contribution in [3.05, 3.63) is 29.3 Å². The molecule has 1 aromatic carbocycles. The van der Waals surface area contributed by atoms with Crippen LogP contribution in [0.25, 0.3) is 0 Å². The number of anilines is 1. The van der Waals surface area contributed by atoms with Crippen LogP contribution < -0.4 is 5.32 Å². The van der Waals surface area contributed by atoms with E-state index < -0.39 is 0 Å². The predicted octanol–water partition coefficient (Wildman–Crippen LogP) is 2.53. The molecule has 1 atom stereocenters. The average molecular weight is 233 g/mol. The molecule has 0 saturated carbocycles. The number of amides is 1. The Morgan fingerprint density at radius 1 is 1.53 bits per heavy atom. The number of rotatable bonds is 3. The molecule has 3 nitrogen and oxygen atoms in total. The van der Waals surface area contributed by atoms with Crippen LogP contribution in [0.5, 0.6) is 0 Å². The fourth-order valence-electron chi connectivity index (χ4n) is 2.17. The second-order valence-corrected chi connectivity index (χ2v) is 4.51. The number of para-hydroxylation sites is 1. The smallest absolute Gasteiger partial charge is 0.229 e. The number of hydrogen-bond acceptors (Lipinski definition) is 2. The minimum atomic E-state index is 0.0133. The summed E-state index contributed by atoms with van der Waals surface area (Å²) in [6, 6.07) is 6.12. The van der Waals surface area contributed by atoms with Crippen LogP contribution in [0.2, 0.25) is 0 Å². The topological polar surface area (TPSA) is 38.3 Å². The first-order valence-electron chi connectivity index (χ1n) is 6.19. The first-order valence-corrected chi connectivity index (χ1v) is 6.19. The highest BCUT2D eigenvalue weighted by molar-refractivity contribution is 5.94. The number of benzene rings is 1. The molecule has 1 N–H and O–H groups in total. The molecule has 0 aromatic heterocycles. The Hall–Kier alpha value is -1.35. The molecule has 1 amide bonds. The Morgan fingerprint density at radius 2 is 2.35 bits per heavy atom. The quantitative estimate of drug-likeness (QED) is 0.871. The molecule has 1 unspecified atom stereocenters. The van der Waals surface area contributed by atoms with E-state index in [1.165, 1.54) is 5.56 Å². The van der Waals surface area contributed by atoms with Gasteiger partial charge in [-0.2, -0.15) is 0 Å². The van der Waals surface area contributed by atoms with Crippen LogP contribution >= 0.6 is 0 Å². The van der Waals surface area contributed by atoms with Gasteiger partial charge in [0.25, 0.3) is 0 Å². The van der Waals surface area contributed by atoms with Gasteiger partial charge in [0.15, 0.2) is 0 Å². The SMILES string of the molecule is CCc1cccc(C)c1NC(=O)C1CCOC1. The maximum Gasteiger partial charge on any atom is 0.229 e. The van der Waals surface area contributed by atoms with Crippen LogP contribution in [0, 0.1) is 12.8 Å². The third kappa shape index (κ3) is 2.67. The van der Waals surface area contributed by atoms with Gasteiger partial charge in [-0.15, -0.1) is 0 Å². The molecule has 1 saturated heterocycles. The predicted molar refractivity (Wildman–Crippen MR) is 68.1 cm³/mol. The summed E-state index contributed by atoms with van der Waals surface area (Å²) in [6.07, 6.45) is 1.76. The lowest BCUT2D eigenvalue weighted by atomic mass is 10.0. The van der Waals surface area contributed by atoms with Gasteiger partial charge in [-0.25, -0.2) is 0 Å². The monoisotopic (exact) mass is 233 g/mol. The maximum atomic E-state index is 12.0. The van der Waals surface area contributed by atoms with Crippen molar-refractivity contribution in [3.63, 3.8) is 0 Å². The summed E-state index contributed by atoms with van der Waals surface area (Å²) in [7, 11) is 0. The van der Waals surface area contributed by atoms with Crippen molar-refractivity contribution in [1.82, 2.24) is 0 Å². The van der Waals surface area contributed by atoms with Crippen LogP contribution in [0.3, 0.4) is 0 Å². The van der Waals surface area contributed by atoms with E-state index in [0.717, 1.165) is 24.1 Å². The third-order valence-corrected chi connectivity index (χ3v) is 3.29. The normalized spacial score (nSPS) is 19.3. The zero-order valence-electron chi connectivity index (χ0n) is 10.5. The molecule has 0 bridgehead atoms. The number of hydrogen-bond donors (Lipinski definition) is 1. The van der Waals surface area contributed by atoms with Crippen LogP contribution in [-0.4, -0.2) is 19.1 Å². The number of aryl methyl sites for hydroxylation is 2. The van der Waals surface area contributed by atoms with E-state index in [1.807, 2.05) is 19.1 Å². The highest BCUT2D eigenvalue weighted by Crippen LogP contribution is 2.23. The Labute approximate surface area is 102 Å². The van der Waals surface area contributed by atoms with Crippen LogP contribution in [0.4, 0.5) is 5.69 Å². The van der Waals surface area contributed by atoms with Crippen LogP contribution in [0.15, 0.2) is 18.2 Å². The fourth-order valence-corrected chi connectivity index (χ4v) is 2.17. The molecule has 2 rings (SSSR count). The Morgan fingerprint density at radius 3 is 3.00 bits per heavy atom. The van der Waals surface area contributed by atoms with Gasteiger partial charge in [0, 0.05) is 12.3 Å². The summed E-state index contributed by atoms with van der Waals surface area (Å²) in [4.78, 5) is 12.0. The number of carbonyl (C=O) groups excluding carboxylic acids is 1. The number of nitrogens with one attached hydrogen (secondary N) is 1. The largest absolute Gasteiger partial charge is 0.381 e. The fraction of sp³-hybridized carbons (Fsp3) is 0.500. The van der Waals surface area contributed by atoms with Crippen molar-refractivity contribution in [2.24, 2.45) is 5.92 Å². The summed E-state index contributed by atoms with van der Waals surface area (Å²) >= 11 is 0. The zero-order valence-corrected chi connectivity index (χ0v) is 10.5. The van der Waals surface area contributed by atoms with Crippen molar-refractivity contribution >= 4 is 11.6 Å². The maximum absolute atomic E-state index is 12.0. The van der Waals surface area contributed by atoms with Crippen molar-refractivity contribution in [2.45, 2.75) is 26.7 Å². The van der Waals surface area contributed by atoms with Crippen molar-refractivity contribution in [1.29, 1.82) is 0 Å². The molecule has 92 valence electrons. The molecule has 1 heterocycles. The average Bonchev–Trinajstić information content (AvgIpc) is 2.85. The summed E-state index contributed by atoms with van der Waals surface area (Å²) in [5, 5.41) is 3.05. The minimum Gasteiger partial charge on any atom is -0.381 e. The van der Waals surface area contributed by atoms with E-state index in [9.17, 15) is 4.79 Å². The van der Waals surface area contributed by atoms with E-state index in [4.69, 9.17) is 4.74 Å². The molecule has 1 aliphatic heterocycles. The summed E-state index contributed by atoms with van der Waals surface area (Å²) in [5.74, 6) is 0.103. The molecule has 17 heavy (non-hydrogen) atoms. The van der Waals surface area contributed by atoms with E-state index in [1.54, 1.807) is 0 Å². The van der Waals surface area contributed by atoms with Gasteiger partial charge in [0.2, 0.25) is 5.91 Å². The van der Waals surface area contributed by atoms with Gasteiger partial charge < -0.3 is 10.1 Å². The highest BCUT2D eigenvalue weighted by atomic mass is 16.5. The Kier molecular flexibility index (Phi) is 3.79. The van der Waals surface area contributed by atoms with E-state index in [0.29, 0.717) is 13.2 Å². The highest BCUT2D eigenvalue weighted by Gasteiger charge is 2.24. The van der Waals surface area contributed by atoms with Gasteiger partial charge in [-0.05, 0) is 30.9 Å². The first kappa shape index (κ1) is 12.1. The molecular formula is C14H19NO2. The minimum absolute atomic E-state index is 0.0133. The van der Waals surface area contributed by atoms with Crippen molar-refractivity contribution in [2.75, 3.05) is 18.5 Å². The molecular weight excluding hydrogens is 214 g/mol. The van der Waals surface area contributed by atoms with Crippen LogP contribution in [-0.2, 0) is 16.0 Å². The third-order valence-electron chi connectivity index (χ3n) is 3.29. The first-order chi connectivity index (χ1) is 8.22. The summed E-state index contributed by atoms with van der Waals surface area (Å²) in [5.41, 5.74) is 3.29. The summed E-state index contributed by atoms with van der Waals surface area (Å²) < 4.78 is 5.24. The molecule has 1 fully saturated rings. The van der Waals surface area contributed by atoms with Crippen molar-refractivity contribution < 1.29 is 9.53 Å². The Balaban J connectivity index is 2.14. The van der Waals surface area contributed by atoms with Gasteiger partial charge in [0.05, 0.1) is 12.5 Å². The molecule has 3 heteroatoms. The zero-order chi connectivity index (χ0) is 12.3. The lowest BCUT2D eigenvalue weighted by Gasteiger charge is -2.15. The lowest BCUT2D eigenvalue weighted by molar-refractivity contribution is -0.119. The number of ether oxygens (including phenoxy) is 1. The van der Waals surface area contributed by atoms with Crippen LogP contribution in [0.1, 0.15) is 24.5 Å². The Bertz CT molecular complexity index is 409. The van der Waals surface area contributed by atoms with Gasteiger partial charge >= 0.3 is 0 Å². The molecule has 1 aliphatic rings. The second kappa shape index (κ2) is 5.32. The van der Waals surface area contributed by atoms with Crippen molar-refractivity contribution in [3.8, 4) is 0 Å². The molecule has 0 aliphatic carbocycles. The molecule has 0 radical (unpaired) electrons. The standard InChI is InChI=1S/C14H19NO2/c1-3-11-6-4-5-10(2)13(11)15-14(16)12-7-8-17-9-12/h4-6,12H,3,7-9H2,1-2H3,(H,15,16). The summed E-state index contributed by atoms with van der Waals surface area (Å²) in [6.45, 7) is 5.38. The lowest BCUT2D eigenvalue weighted by Crippen LogP contribution is -2.23. The van der Waals surface area contributed by atoms with Gasteiger partial charge in [0.1, 0.15) is 0 Å². The van der Waals surface area contributed by atoms with E-state index in [-0.39, 0.29) is 11.8 Å². The molecule has 1 aromatic rings. The van der Waals surface area contributed by atoms with Gasteiger partial charge in [-0.1, -0.05) is 25.1 Å². The van der Waals surface area contributed by atoms with Gasteiger partial charge in [-0.3, -0.25) is 4.79 Å².